The minimum atomic E-state index is -0.328. The van der Waals surface area contributed by atoms with Gasteiger partial charge in [0.05, 0.1) is 6.04 Å². The van der Waals surface area contributed by atoms with E-state index < -0.39 is 0 Å². The minimum absolute atomic E-state index is 0.0340. The van der Waals surface area contributed by atoms with Gasteiger partial charge in [0.25, 0.3) is 0 Å². The molecule has 1 aromatic rings. The normalized spacial score (nSPS) is 25.2. The van der Waals surface area contributed by atoms with E-state index in [-0.39, 0.29) is 23.9 Å². The fourth-order valence-electron chi connectivity index (χ4n) is 3.21. The van der Waals surface area contributed by atoms with Crippen molar-refractivity contribution in [3.63, 3.8) is 0 Å². The highest BCUT2D eigenvalue weighted by molar-refractivity contribution is 5.91. The lowest BCUT2D eigenvalue weighted by atomic mass is 9.94. The van der Waals surface area contributed by atoms with E-state index >= 15 is 0 Å². The fraction of sp³-hybridized carbons (Fsp3) is 0.500. The van der Waals surface area contributed by atoms with Crippen molar-refractivity contribution < 1.29 is 9.59 Å². The van der Waals surface area contributed by atoms with Gasteiger partial charge in [0, 0.05) is 19.6 Å². The molecule has 0 saturated carbocycles. The molecule has 1 unspecified atom stereocenters. The van der Waals surface area contributed by atoms with Crippen molar-refractivity contribution in [1.29, 1.82) is 0 Å². The van der Waals surface area contributed by atoms with E-state index in [1.165, 1.54) is 11.1 Å². The van der Waals surface area contributed by atoms with Crippen molar-refractivity contribution >= 4 is 11.8 Å². The molecule has 5 nitrogen and oxygen atoms in total. The molecule has 3 rings (SSSR count). The van der Waals surface area contributed by atoms with Crippen molar-refractivity contribution in [2.24, 2.45) is 0 Å². The number of carbonyl (C=O) groups is 2. The summed E-state index contributed by atoms with van der Waals surface area (Å²) in [5.41, 5.74) is 2.48. The second-order valence-electron chi connectivity index (χ2n) is 5.65. The Labute approximate surface area is 124 Å². The Morgan fingerprint density at radius 2 is 2.10 bits per heavy atom. The van der Waals surface area contributed by atoms with E-state index in [0.29, 0.717) is 32.5 Å². The SMILES string of the molecule is CCC1C(=O)NCCN1C(=O)[C@@H]1Cc2ccccc2CN1. The van der Waals surface area contributed by atoms with Crippen LogP contribution in [-0.4, -0.2) is 41.9 Å². The van der Waals surface area contributed by atoms with E-state index in [1.54, 1.807) is 4.90 Å². The third-order valence-electron chi connectivity index (χ3n) is 4.38. The summed E-state index contributed by atoms with van der Waals surface area (Å²) in [4.78, 5) is 26.4. The number of nitrogens with one attached hydrogen (secondary N) is 2. The van der Waals surface area contributed by atoms with Gasteiger partial charge in [-0.25, -0.2) is 0 Å². The number of hydrogen-bond donors (Lipinski definition) is 2. The highest BCUT2D eigenvalue weighted by Gasteiger charge is 2.36. The molecule has 2 atom stereocenters. The summed E-state index contributed by atoms with van der Waals surface area (Å²) in [6.45, 7) is 3.80. The molecule has 1 aromatic carbocycles. The number of fused-ring (bicyclic) bond motifs is 1. The maximum Gasteiger partial charge on any atom is 0.242 e. The average Bonchev–Trinajstić information content (AvgIpc) is 2.53. The van der Waals surface area contributed by atoms with Crippen molar-refractivity contribution in [1.82, 2.24) is 15.5 Å². The number of carbonyl (C=O) groups excluding carboxylic acids is 2. The summed E-state index contributed by atoms with van der Waals surface area (Å²) in [5, 5.41) is 6.14. The largest absolute Gasteiger partial charge is 0.353 e. The van der Waals surface area contributed by atoms with Crippen LogP contribution in [0.5, 0.6) is 0 Å². The van der Waals surface area contributed by atoms with E-state index in [1.807, 2.05) is 19.1 Å². The fourth-order valence-corrected chi connectivity index (χ4v) is 3.21. The lowest BCUT2D eigenvalue weighted by Crippen LogP contribution is -2.61. The third kappa shape index (κ3) is 2.65. The highest BCUT2D eigenvalue weighted by Crippen LogP contribution is 2.19. The first-order valence-electron chi connectivity index (χ1n) is 7.59. The molecule has 2 aliphatic heterocycles. The zero-order valence-electron chi connectivity index (χ0n) is 12.3. The molecule has 2 aliphatic rings. The van der Waals surface area contributed by atoms with Crippen LogP contribution in [0.1, 0.15) is 24.5 Å². The van der Waals surface area contributed by atoms with Gasteiger partial charge in [-0.2, -0.15) is 0 Å². The Morgan fingerprint density at radius 3 is 2.86 bits per heavy atom. The van der Waals surface area contributed by atoms with Crippen LogP contribution in [0.15, 0.2) is 24.3 Å². The van der Waals surface area contributed by atoms with E-state index in [4.69, 9.17) is 0 Å². The number of nitrogens with zero attached hydrogens (tertiary/aromatic N) is 1. The molecule has 0 spiro atoms. The van der Waals surface area contributed by atoms with Crippen molar-refractivity contribution in [2.75, 3.05) is 13.1 Å². The van der Waals surface area contributed by atoms with Crippen molar-refractivity contribution in [3.8, 4) is 0 Å². The van der Waals surface area contributed by atoms with Crippen LogP contribution < -0.4 is 10.6 Å². The molecule has 0 aromatic heterocycles. The van der Waals surface area contributed by atoms with Gasteiger partial charge >= 0.3 is 0 Å². The first-order chi connectivity index (χ1) is 10.2. The minimum Gasteiger partial charge on any atom is -0.353 e. The maximum atomic E-state index is 12.8. The first kappa shape index (κ1) is 14.1. The molecule has 1 fully saturated rings. The summed E-state index contributed by atoms with van der Waals surface area (Å²) >= 11 is 0. The van der Waals surface area contributed by atoms with E-state index in [0.717, 1.165) is 0 Å². The Balaban J connectivity index is 1.75. The van der Waals surface area contributed by atoms with Gasteiger partial charge in [-0.05, 0) is 24.0 Å². The lowest BCUT2D eigenvalue weighted by molar-refractivity contribution is -0.145. The van der Waals surface area contributed by atoms with Crippen LogP contribution in [-0.2, 0) is 22.6 Å². The molecule has 21 heavy (non-hydrogen) atoms. The zero-order valence-corrected chi connectivity index (χ0v) is 12.3. The molecule has 112 valence electrons. The van der Waals surface area contributed by atoms with Crippen LogP contribution in [0.2, 0.25) is 0 Å². The molecular weight excluding hydrogens is 266 g/mol. The number of rotatable bonds is 2. The van der Waals surface area contributed by atoms with Crippen LogP contribution >= 0.6 is 0 Å². The van der Waals surface area contributed by atoms with E-state index in [2.05, 4.69) is 22.8 Å². The summed E-state index contributed by atoms with van der Waals surface area (Å²) in [6, 6.07) is 7.65. The van der Waals surface area contributed by atoms with Crippen LogP contribution in [0.25, 0.3) is 0 Å². The Hall–Kier alpha value is -1.88. The van der Waals surface area contributed by atoms with Crippen molar-refractivity contribution in [3.05, 3.63) is 35.4 Å². The topological polar surface area (TPSA) is 61.4 Å². The number of amides is 2. The quantitative estimate of drug-likeness (QED) is 0.829. The molecule has 2 N–H and O–H groups in total. The van der Waals surface area contributed by atoms with E-state index in [9.17, 15) is 9.59 Å². The molecule has 5 heteroatoms. The van der Waals surface area contributed by atoms with Gasteiger partial charge in [0.1, 0.15) is 6.04 Å². The van der Waals surface area contributed by atoms with Crippen LogP contribution in [0, 0.1) is 0 Å². The number of piperazine rings is 1. The summed E-state index contributed by atoms with van der Waals surface area (Å²) in [6.07, 6.45) is 1.35. The maximum absolute atomic E-state index is 12.8. The second-order valence-corrected chi connectivity index (χ2v) is 5.65. The Bertz CT molecular complexity index is 558. The molecule has 2 amide bonds. The molecule has 0 radical (unpaired) electrons. The van der Waals surface area contributed by atoms with Crippen molar-refractivity contribution in [2.45, 2.75) is 38.4 Å². The Morgan fingerprint density at radius 1 is 1.33 bits per heavy atom. The molecule has 1 saturated heterocycles. The summed E-state index contributed by atoms with van der Waals surface area (Å²) in [7, 11) is 0. The standard InChI is InChI=1S/C16H21N3O2/c1-2-14-15(20)17-7-8-19(14)16(21)13-9-11-5-3-4-6-12(11)10-18-13/h3-6,13-14,18H,2,7-10H2,1H3,(H,17,20)/t13-,14?/m0/s1. The predicted octanol–water partition coefficient (Wildman–Crippen LogP) is 0.438. The van der Waals surface area contributed by atoms with Gasteiger partial charge in [-0.15, -0.1) is 0 Å². The first-order valence-corrected chi connectivity index (χ1v) is 7.59. The van der Waals surface area contributed by atoms with Crippen LogP contribution in [0.3, 0.4) is 0 Å². The molecule has 0 aliphatic carbocycles. The Kier molecular flexibility index (Phi) is 3.92. The van der Waals surface area contributed by atoms with Gasteiger partial charge < -0.3 is 15.5 Å². The van der Waals surface area contributed by atoms with Crippen LogP contribution in [0.4, 0.5) is 0 Å². The van der Waals surface area contributed by atoms with Gasteiger partial charge in [0.2, 0.25) is 11.8 Å². The van der Waals surface area contributed by atoms with Gasteiger partial charge in [-0.3, -0.25) is 9.59 Å². The molecule has 0 bridgehead atoms. The number of hydrogen-bond acceptors (Lipinski definition) is 3. The molecule has 2 heterocycles. The number of benzene rings is 1. The smallest absolute Gasteiger partial charge is 0.242 e. The third-order valence-corrected chi connectivity index (χ3v) is 4.38. The zero-order chi connectivity index (χ0) is 14.8. The summed E-state index contributed by atoms with van der Waals surface area (Å²) < 4.78 is 0. The monoisotopic (exact) mass is 287 g/mol. The highest BCUT2D eigenvalue weighted by atomic mass is 16.2. The average molecular weight is 287 g/mol. The second kappa shape index (κ2) is 5.85. The predicted molar refractivity (Wildman–Crippen MR) is 79.6 cm³/mol. The lowest BCUT2D eigenvalue weighted by Gasteiger charge is -2.38. The van der Waals surface area contributed by atoms with Gasteiger partial charge in [-0.1, -0.05) is 31.2 Å². The summed E-state index contributed by atoms with van der Waals surface area (Å²) in [5.74, 6) is 0.0134. The van der Waals surface area contributed by atoms with Gasteiger partial charge in [0.15, 0.2) is 0 Å². The molecular formula is C16H21N3O2.